The number of benzene rings is 2. The zero-order chi connectivity index (χ0) is 21.8. The van der Waals surface area contributed by atoms with Crippen LogP contribution in [0.5, 0.6) is 0 Å². The molecule has 3 aromatic rings. The predicted octanol–water partition coefficient (Wildman–Crippen LogP) is 5.35. The first-order valence-corrected chi connectivity index (χ1v) is 11.5. The Morgan fingerprint density at radius 2 is 1.94 bits per heavy atom. The lowest BCUT2D eigenvalue weighted by Gasteiger charge is -2.23. The Morgan fingerprint density at radius 1 is 1.10 bits per heavy atom. The largest absolute Gasteiger partial charge is 0.272 e. The fourth-order valence-electron chi connectivity index (χ4n) is 3.38. The zero-order valence-electron chi connectivity index (χ0n) is 17.9. The minimum Gasteiger partial charge on any atom is -0.272 e. The zero-order valence-corrected chi connectivity index (χ0v) is 19.4. The molecule has 1 aliphatic rings. The highest BCUT2D eigenvalue weighted by molar-refractivity contribution is 7.99. The van der Waals surface area contributed by atoms with Crippen molar-refractivity contribution in [3.63, 3.8) is 0 Å². The second kappa shape index (κ2) is 9.81. The van der Waals surface area contributed by atoms with E-state index in [1.54, 1.807) is 11.8 Å². The van der Waals surface area contributed by atoms with E-state index in [0.717, 1.165) is 43.7 Å². The minimum atomic E-state index is -0.0356. The molecule has 0 radical (unpaired) electrons. The van der Waals surface area contributed by atoms with Crippen LogP contribution in [0.25, 0.3) is 0 Å². The number of hydroxylamine groups is 1. The van der Waals surface area contributed by atoms with Crippen LogP contribution in [-0.4, -0.2) is 28.7 Å². The van der Waals surface area contributed by atoms with Gasteiger partial charge in [0.1, 0.15) is 5.03 Å². The van der Waals surface area contributed by atoms with Gasteiger partial charge < -0.3 is 0 Å². The number of halogens is 1. The lowest BCUT2D eigenvalue weighted by molar-refractivity contribution is 0.0623. The third-order valence-corrected chi connectivity index (χ3v) is 6.39. The van der Waals surface area contributed by atoms with Gasteiger partial charge in [-0.1, -0.05) is 60.1 Å². The van der Waals surface area contributed by atoms with E-state index in [1.807, 2.05) is 25.1 Å². The molecule has 1 N–H and O–H groups in total. The molecule has 0 saturated heterocycles. The van der Waals surface area contributed by atoms with Gasteiger partial charge in [-0.05, 0) is 62.1 Å². The van der Waals surface area contributed by atoms with E-state index in [9.17, 15) is 0 Å². The highest BCUT2D eigenvalue weighted by Crippen LogP contribution is 2.30. The highest BCUT2D eigenvalue weighted by Gasteiger charge is 2.22. The van der Waals surface area contributed by atoms with Crippen LogP contribution >= 0.6 is 23.4 Å². The summed E-state index contributed by atoms with van der Waals surface area (Å²) in [6.07, 6.45) is 1.51. The second-order valence-electron chi connectivity index (χ2n) is 7.67. The second-order valence-corrected chi connectivity index (χ2v) is 9.14. The SMILES string of the molecule is CCc1cc(C2=NC(Cc3ccc(C)cc3Cl)CON2)c(Sc2cccc(C)c2)nn1. The Kier molecular flexibility index (Phi) is 6.90. The first-order valence-electron chi connectivity index (χ1n) is 10.3. The summed E-state index contributed by atoms with van der Waals surface area (Å²) in [4.78, 5) is 11.8. The van der Waals surface area contributed by atoms with Crippen LogP contribution in [0.1, 0.15) is 34.9 Å². The van der Waals surface area contributed by atoms with E-state index in [2.05, 4.69) is 59.9 Å². The molecular weight excluding hydrogens is 428 g/mol. The normalized spacial score (nSPS) is 16.0. The molecule has 4 rings (SSSR count). The van der Waals surface area contributed by atoms with Crippen LogP contribution in [0.4, 0.5) is 0 Å². The minimum absolute atomic E-state index is 0.0356. The molecule has 31 heavy (non-hydrogen) atoms. The molecule has 0 aliphatic carbocycles. The number of nitrogens with zero attached hydrogens (tertiary/aromatic N) is 3. The number of aromatic nitrogens is 2. The van der Waals surface area contributed by atoms with Crippen molar-refractivity contribution in [1.29, 1.82) is 0 Å². The molecule has 2 heterocycles. The molecule has 1 aromatic heterocycles. The molecule has 2 aromatic carbocycles. The summed E-state index contributed by atoms with van der Waals surface area (Å²) >= 11 is 8.02. The Morgan fingerprint density at radius 3 is 2.71 bits per heavy atom. The Bertz CT molecular complexity index is 1120. The van der Waals surface area contributed by atoms with Gasteiger partial charge in [0.2, 0.25) is 0 Å². The van der Waals surface area contributed by atoms with Crippen molar-refractivity contribution in [2.24, 2.45) is 4.99 Å². The molecule has 160 valence electrons. The van der Waals surface area contributed by atoms with Crippen LogP contribution < -0.4 is 5.48 Å². The van der Waals surface area contributed by atoms with Gasteiger partial charge in [0.05, 0.1) is 23.9 Å². The smallest absolute Gasteiger partial charge is 0.155 e. The first-order chi connectivity index (χ1) is 15.0. The topological polar surface area (TPSA) is 59.4 Å². The van der Waals surface area contributed by atoms with E-state index >= 15 is 0 Å². The monoisotopic (exact) mass is 452 g/mol. The third kappa shape index (κ3) is 5.45. The molecule has 0 spiro atoms. The number of aryl methyl sites for hydroxylation is 3. The van der Waals surface area contributed by atoms with Gasteiger partial charge in [0.25, 0.3) is 0 Å². The van der Waals surface area contributed by atoms with E-state index in [0.29, 0.717) is 18.9 Å². The van der Waals surface area contributed by atoms with E-state index in [4.69, 9.17) is 21.4 Å². The molecule has 0 amide bonds. The maximum absolute atomic E-state index is 6.44. The van der Waals surface area contributed by atoms with Crippen molar-refractivity contribution in [3.05, 3.63) is 81.5 Å². The summed E-state index contributed by atoms with van der Waals surface area (Å²) < 4.78 is 0. The molecule has 1 aliphatic heterocycles. The molecular formula is C24H25ClN4OS. The average Bonchev–Trinajstić information content (AvgIpc) is 2.76. The van der Waals surface area contributed by atoms with Crippen LogP contribution in [0.2, 0.25) is 5.02 Å². The van der Waals surface area contributed by atoms with Gasteiger partial charge in [-0.3, -0.25) is 9.83 Å². The van der Waals surface area contributed by atoms with Crippen molar-refractivity contribution in [2.45, 2.75) is 49.6 Å². The van der Waals surface area contributed by atoms with Gasteiger partial charge >= 0.3 is 0 Å². The van der Waals surface area contributed by atoms with Gasteiger partial charge in [-0.25, -0.2) is 5.48 Å². The fourth-order valence-corrected chi connectivity index (χ4v) is 4.66. The number of amidine groups is 1. The number of nitrogens with one attached hydrogen (secondary N) is 1. The molecule has 1 atom stereocenters. The molecule has 0 bridgehead atoms. The van der Waals surface area contributed by atoms with E-state index < -0.39 is 0 Å². The van der Waals surface area contributed by atoms with E-state index in [1.165, 1.54) is 5.56 Å². The van der Waals surface area contributed by atoms with Crippen LogP contribution in [0, 0.1) is 13.8 Å². The number of hydrogen-bond donors (Lipinski definition) is 1. The lowest BCUT2D eigenvalue weighted by Crippen LogP contribution is -2.37. The van der Waals surface area contributed by atoms with Crippen molar-refractivity contribution >= 4 is 29.2 Å². The lowest BCUT2D eigenvalue weighted by atomic mass is 10.0. The Balaban J connectivity index is 1.64. The summed E-state index contributed by atoms with van der Waals surface area (Å²) in [5.74, 6) is 0.680. The standard InChI is InChI=1S/C24H25ClN4OS/c1-4-18-13-21(24(28-27-18)31-20-7-5-6-15(2)10-20)23-26-19(14-30-29-23)12-17-9-8-16(3)11-22(17)25/h5-11,13,19H,4,12,14H2,1-3H3,(H,26,29). The molecule has 5 nitrogen and oxygen atoms in total. The maximum Gasteiger partial charge on any atom is 0.155 e. The van der Waals surface area contributed by atoms with Crippen LogP contribution in [-0.2, 0) is 17.7 Å². The molecule has 0 fully saturated rings. The van der Waals surface area contributed by atoms with Crippen molar-refractivity contribution in [1.82, 2.24) is 15.7 Å². The quantitative estimate of drug-likeness (QED) is 0.546. The van der Waals surface area contributed by atoms with Crippen LogP contribution in [0.15, 0.2) is 63.4 Å². The predicted molar refractivity (Wildman–Crippen MR) is 126 cm³/mol. The highest BCUT2D eigenvalue weighted by atomic mass is 35.5. The molecule has 7 heteroatoms. The third-order valence-electron chi connectivity index (χ3n) is 5.05. The summed E-state index contributed by atoms with van der Waals surface area (Å²) in [6, 6.07) is 16.5. The number of aliphatic imine (C=N–C) groups is 1. The summed E-state index contributed by atoms with van der Waals surface area (Å²) in [5.41, 5.74) is 8.24. The van der Waals surface area contributed by atoms with Crippen LogP contribution in [0.3, 0.4) is 0 Å². The van der Waals surface area contributed by atoms with Gasteiger partial charge in [-0.15, -0.1) is 5.10 Å². The fraction of sp³-hybridized carbons (Fsp3) is 0.292. The summed E-state index contributed by atoms with van der Waals surface area (Å²) in [5, 5.41) is 10.4. The van der Waals surface area contributed by atoms with Gasteiger partial charge in [0, 0.05) is 9.92 Å². The van der Waals surface area contributed by atoms with Crippen molar-refractivity contribution in [3.8, 4) is 0 Å². The van der Waals surface area contributed by atoms with Gasteiger partial charge in [-0.2, -0.15) is 5.10 Å². The number of hydrogen-bond acceptors (Lipinski definition) is 6. The average molecular weight is 453 g/mol. The van der Waals surface area contributed by atoms with E-state index in [-0.39, 0.29) is 6.04 Å². The number of rotatable bonds is 6. The maximum atomic E-state index is 6.44. The Labute approximate surface area is 192 Å². The summed E-state index contributed by atoms with van der Waals surface area (Å²) in [7, 11) is 0. The summed E-state index contributed by atoms with van der Waals surface area (Å²) in [6.45, 7) is 6.66. The van der Waals surface area contributed by atoms with Gasteiger partial charge in [0.15, 0.2) is 5.84 Å². The molecule has 0 saturated carbocycles. The Hall–Kier alpha value is -2.41. The first kappa shape index (κ1) is 21.8. The van der Waals surface area contributed by atoms with Crippen molar-refractivity contribution < 1.29 is 4.84 Å². The molecule has 1 unspecified atom stereocenters. The van der Waals surface area contributed by atoms with Crippen molar-refractivity contribution in [2.75, 3.05) is 6.61 Å².